The molecule has 0 radical (unpaired) electrons. The summed E-state index contributed by atoms with van der Waals surface area (Å²) in [7, 11) is 0. The molecular formula is C6H12FO2Rf3-. The van der Waals surface area contributed by atoms with Crippen molar-refractivity contribution in [2.75, 3.05) is 13.5 Å². The van der Waals surface area contributed by atoms with Crippen LogP contribution in [0.4, 0.5) is 4.39 Å². The van der Waals surface area contributed by atoms with Crippen LogP contribution in [-0.4, -0.2) is 13.5 Å². The van der Waals surface area contributed by atoms with Gasteiger partial charge in [0.25, 0.3) is 0 Å². The maximum Gasteiger partial charge on any atom is 0.161 e. The Balaban J connectivity index is -0.000000107. The van der Waals surface area contributed by atoms with Crippen molar-refractivity contribution in [1.82, 2.24) is 0 Å². The van der Waals surface area contributed by atoms with Crippen molar-refractivity contribution < 1.29 is 13.9 Å². The zero-order valence-corrected chi connectivity index (χ0v) is 26.9. The maximum atomic E-state index is 11.2. The predicted molar refractivity (Wildman–Crippen MR) is 32.2 cm³/mol. The van der Waals surface area contributed by atoms with Crippen LogP contribution in [0.3, 0.4) is 0 Å². The van der Waals surface area contributed by atoms with Crippen LogP contribution >= 0.6 is 0 Å². The average Bonchev–Trinajstić information content (AvgIpc) is 1.89. The molecule has 0 aliphatic rings. The van der Waals surface area contributed by atoms with Crippen molar-refractivity contribution in [2.45, 2.75) is 19.8 Å². The molecule has 6 heteroatoms. The largest absolute Gasteiger partial charge is 0.525 e. The van der Waals surface area contributed by atoms with Gasteiger partial charge in [0.05, 0.1) is 0 Å². The molecule has 0 aliphatic carbocycles. The van der Waals surface area contributed by atoms with Gasteiger partial charge in [0.1, 0.15) is 0 Å². The fourth-order valence-electron chi connectivity index (χ4n) is 0.350. The first-order valence-electron chi connectivity index (χ1n) is 3.02. The van der Waals surface area contributed by atoms with E-state index in [-0.39, 0.29) is 0 Å². The van der Waals surface area contributed by atoms with Gasteiger partial charge in [0, 0.05) is 6.61 Å². The number of hydrogen-bond acceptors (Lipinski definition) is 2. The third kappa shape index (κ3) is 28.9. The van der Waals surface area contributed by atoms with Gasteiger partial charge in [-0.15, -0.1) is 0 Å². The second kappa shape index (κ2) is 24.9. The fraction of sp³-hybridized carbons (Fsp3) is 0.833. The molecule has 0 heterocycles. The summed E-state index contributed by atoms with van der Waals surface area (Å²) in [4.78, 5) is 0. The molecule has 0 aliphatic heterocycles. The van der Waals surface area contributed by atoms with Crippen LogP contribution in [0.2, 0.25) is 0 Å². The molecular weight excluding hydrogens is 924 g/mol. The second-order valence-electron chi connectivity index (χ2n) is 1.60. The van der Waals surface area contributed by atoms with Gasteiger partial charge >= 0.3 is 0 Å². The van der Waals surface area contributed by atoms with Crippen molar-refractivity contribution in [1.29, 1.82) is 0 Å². The Morgan fingerprint density at radius 2 is 1.75 bits per heavy atom. The molecule has 0 amide bonds. The van der Waals surface area contributed by atoms with Crippen molar-refractivity contribution >= 4 is 0 Å². The van der Waals surface area contributed by atoms with E-state index < -0.39 is 6.86 Å². The minimum Gasteiger partial charge on any atom is -0.525 e. The zero-order valence-electron chi connectivity index (χ0n) is 7.72. The van der Waals surface area contributed by atoms with Crippen LogP contribution in [0.1, 0.15) is 19.8 Å². The predicted octanol–water partition coefficient (Wildman–Crippen LogP) is 1.87. The smallest absolute Gasteiger partial charge is 0.161 e. The first-order chi connectivity index (χ1) is 4.41. The van der Waals surface area contributed by atoms with Gasteiger partial charge in [-0.3, -0.25) is 0 Å². The number of alkyl halides is 1. The molecule has 62 valence electrons. The second-order valence-corrected chi connectivity index (χ2v) is 1.60. The summed E-state index contributed by atoms with van der Waals surface area (Å²) in [5, 5.41) is 0. The molecule has 0 bridgehead atoms. The molecule has 0 aromatic carbocycles. The third-order valence-corrected chi connectivity index (χ3v) is 0.815. The molecule has 2 nitrogen and oxygen atoms in total. The van der Waals surface area contributed by atoms with E-state index in [1.54, 1.807) is 0 Å². The summed E-state index contributed by atoms with van der Waals surface area (Å²) in [5.74, 6) is 0. The van der Waals surface area contributed by atoms with Gasteiger partial charge in [0.15, 0.2) is 6.86 Å². The molecule has 12 heavy (non-hydrogen) atoms. The molecule has 0 saturated carbocycles. The molecule has 0 N–H and O–H groups in total. The summed E-state index contributed by atoms with van der Waals surface area (Å²) in [6.45, 7) is 2.89. The Labute approximate surface area is 55.0 Å². The maximum absolute atomic E-state index is 11.2. The molecule has 0 aromatic rings. The van der Waals surface area contributed by atoms with Crippen LogP contribution in [-0.2, 0) is 9.47 Å². The van der Waals surface area contributed by atoms with Gasteiger partial charge in [-0.25, -0.2) is 4.39 Å². The number of halogens is 1. The molecule has 0 fully saturated rings. The van der Waals surface area contributed by atoms with E-state index in [1.165, 1.54) is 0 Å². The van der Waals surface area contributed by atoms with Crippen LogP contribution in [0.5, 0.6) is 0 Å². The van der Waals surface area contributed by atoms with Crippen LogP contribution in [0, 0.1) is 6.79 Å². The standard InChI is InChI=1S/C6H12FO2.3Rf/c1-2-3-4-8-6-9-5-7;;;/h6H,2-5H2,1H3;;;/q-1;;;. The summed E-state index contributed by atoms with van der Waals surface area (Å²) in [5.41, 5.74) is 0. The molecule has 0 atom stereocenters. The van der Waals surface area contributed by atoms with Gasteiger partial charge in [0.2, 0.25) is 0 Å². The minimum atomic E-state index is -0.813. The summed E-state index contributed by atoms with van der Waals surface area (Å²) in [6, 6.07) is 0. The SMILES string of the molecule is CCCCO[CH-]OCF.[Rf].[Rf].[Rf]. The Bertz CT molecular complexity index is 54.1. The van der Waals surface area contributed by atoms with Crippen LogP contribution in [0.25, 0.3) is 0 Å². The topological polar surface area (TPSA) is 18.5 Å². The van der Waals surface area contributed by atoms with E-state index in [0.29, 0.717) is 6.61 Å². The van der Waals surface area contributed by atoms with E-state index in [4.69, 9.17) is 4.74 Å². The van der Waals surface area contributed by atoms with Gasteiger partial charge < -0.3 is 9.47 Å². The fourth-order valence-corrected chi connectivity index (χ4v) is 0.350. The zero-order chi connectivity index (χ0) is 6.95. The Kier molecular flexibility index (Phi) is 48.0. The van der Waals surface area contributed by atoms with Crippen molar-refractivity contribution in [3.05, 3.63) is 6.79 Å². The monoisotopic (exact) mass is 936 g/mol. The Hall–Kier alpha value is -3.15. The van der Waals surface area contributed by atoms with Crippen molar-refractivity contribution in [2.24, 2.45) is 0 Å². The van der Waals surface area contributed by atoms with E-state index in [0.717, 1.165) is 19.6 Å². The molecule has 0 saturated heterocycles. The molecule has 0 unspecified atom stereocenters. The van der Waals surface area contributed by atoms with E-state index in [2.05, 4.69) is 11.7 Å². The number of hydrogen-bond donors (Lipinski definition) is 0. The first kappa shape index (κ1) is 23.2. The van der Waals surface area contributed by atoms with E-state index in [9.17, 15) is 4.39 Å². The summed E-state index contributed by atoms with van der Waals surface area (Å²) in [6.07, 6.45) is 2.05. The number of rotatable bonds is 6. The van der Waals surface area contributed by atoms with Gasteiger partial charge in [-0.1, -0.05) is 20.1 Å². The van der Waals surface area contributed by atoms with Crippen LogP contribution in [0.15, 0.2) is 0 Å². The average molecular weight is 936 g/mol. The summed E-state index contributed by atoms with van der Waals surface area (Å²) < 4.78 is 20.1. The normalized spacial score (nSPS) is 7.50. The van der Waals surface area contributed by atoms with E-state index >= 15 is 0 Å². The van der Waals surface area contributed by atoms with Crippen molar-refractivity contribution in [3.8, 4) is 0 Å². The number of ether oxygens (including phenoxy) is 2. The molecule has 0 rings (SSSR count). The Morgan fingerprint density at radius 3 is 2.17 bits per heavy atom. The summed E-state index contributed by atoms with van der Waals surface area (Å²) >= 11 is 0. The first-order valence-corrected chi connectivity index (χ1v) is 3.02. The Morgan fingerprint density at radius 1 is 1.17 bits per heavy atom. The molecule has 0 spiro atoms. The van der Waals surface area contributed by atoms with Crippen LogP contribution < -0.4 is 0 Å². The van der Waals surface area contributed by atoms with Crippen molar-refractivity contribution in [3.63, 3.8) is 0 Å². The van der Waals surface area contributed by atoms with Gasteiger partial charge in [-0.05, 0) is 6.42 Å². The minimum absolute atomic E-state index is 0. The quantitative estimate of drug-likeness (QED) is 0.300. The number of unbranched alkanes of at least 4 members (excludes halogenated alkanes) is 1. The van der Waals surface area contributed by atoms with Gasteiger partial charge in [-0.2, -0.15) is 0 Å². The third-order valence-electron chi connectivity index (χ3n) is 0.815. The van der Waals surface area contributed by atoms with E-state index in [1.807, 2.05) is 0 Å². The molecule has 0 aromatic heterocycles.